The standard InChI is InChI=1S/C18H21FN2O2/c1-21(2)12-15-7-5-4-6-14(15)11-20-18(22)13-8-9-17(23-3)16(19)10-13/h4-10H,11-12H2,1-3H3,(H,20,22)/p+1. The van der Waals surface area contributed by atoms with Gasteiger partial charge in [0.15, 0.2) is 11.6 Å². The van der Waals surface area contributed by atoms with Gasteiger partial charge < -0.3 is 15.0 Å². The molecule has 0 aliphatic carbocycles. The Kier molecular flexibility index (Phi) is 5.71. The van der Waals surface area contributed by atoms with Crippen molar-refractivity contribution in [1.82, 2.24) is 5.32 Å². The maximum Gasteiger partial charge on any atom is 0.251 e. The van der Waals surface area contributed by atoms with E-state index in [0.29, 0.717) is 6.54 Å². The minimum atomic E-state index is -0.545. The molecule has 0 saturated carbocycles. The van der Waals surface area contributed by atoms with Crippen molar-refractivity contribution in [3.63, 3.8) is 0 Å². The van der Waals surface area contributed by atoms with Crippen LogP contribution < -0.4 is 15.0 Å². The number of rotatable bonds is 6. The maximum atomic E-state index is 13.7. The van der Waals surface area contributed by atoms with Crippen LogP contribution in [-0.4, -0.2) is 27.1 Å². The SMILES string of the molecule is COc1ccc(C(=O)NCc2ccccc2C[NH+](C)C)cc1F. The molecule has 0 atom stereocenters. The summed E-state index contributed by atoms with van der Waals surface area (Å²) in [5.74, 6) is -0.726. The second-order valence-corrected chi connectivity index (χ2v) is 5.68. The summed E-state index contributed by atoms with van der Waals surface area (Å²) in [6.07, 6.45) is 0. The van der Waals surface area contributed by atoms with Crippen LogP contribution in [0.1, 0.15) is 21.5 Å². The molecular formula is C18H22FN2O2+. The van der Waals surface area contributed by atoms with Crippen molar-refractivity contribution in [3.8, 4) is 5.75 Å². The summed E-state index contributed by atoms with van der Waals surface area (Å²) >= 11 is 0. The van der Waals surface area contributed by atoms with Crippen molar-refractivity contribution >= 4 is 5.91 Å². The molecule has 23 heavy (non-hydrogen) atoms. The zero-order valence-electron chi connectivity index (χ0n) is 13.7. The Morgan fingerprint density at radius 2 is 1.87 bits per heavy atom. The molecule has 1 amide bonds. The van der Waals surface area contributed by atoms with Gasteiger partial charge in [0.25, 0.3) is 5.91 Å². The molecule has 0 bridgehead atoms. The number of carbonyl (C=O) groups is 1. The average molecular weight is 317 g/mol. The van der Waals surface area contributed by atoms with Gasteiger partial charge in [-0.05, 0) is 23.8 Å². The van der Waals surface area contributed by atoms with Gasteiger partial charge in [0.2, 0.25) is 0 Å². The van der Waals surface area contributed by atoms with Gasteiger partial charge in [-0.1, -0.05) is 24.3 Å². The number of halogens is 1. The first kappa shape index (κ1) is 17.0. The maximum absolute atomic E-state index is 13.7. The number of quaternary nitrogens is 1. The van der Waals surface area contributed by atoms with Crippen LogP contribution in [0.25, 0.3) is 0 Å². The van der Waals surface area contributed by atoms with Crippen LogP contribution >= 0.6 is 0 Å². The number of benzene rings is 2. The summed E-state index contributed by atoms with van der Waals surface area (Å²) in [5.41, 5.74) is 2.53. The molecule has 2 N–H and O–H groups in total. The van der Waals surface area contributed by atoms with E-state index in [1.807, 2.05) is 18.2 Å². The Morgan fingerprint density at radius 3 is 2.48 bits per heavy atom. The lowest BCUT2D eigenvalue weighted by molar-refractivity contribution is -0.872. The molecule has 4 nitrogen and oxygen atoms in total. The zero-order valence-corrected chi connectivity index (χ0v) is 13.7. The molecule has 0 radical (unpaired) electrons. The Hall–Kier alpha value is -2.40. The molecule has 0 aliphatic heterocycles. The molecular weight excluding hydrogens is 295 g/mol. The lowest BCUT2D eigenvalue weighted by Crippen LogP contribution is -3.04. The minimum absolute atomic E-state index is 0.126. The lowest BCUT2D eigenvalue weighted by Gasteiger charge is -2.13. The van der Waals surface area contributed by atoms with E-state index in [0.717, 1.165) is 12.1 Å². The molecule has 0 saturated heterocycles. The van der Waals surface area contributed by atoms with Crippen molar-refractivity contribution in [2.45, 2.75) is 13.1 Å². The fraction of sp³-hybridized carbons (Fsp3) is 0.278. The van der Waals surface area contributed by atoms with Gasteiger partial charge in [0.1, 0.15) is 6.54 Å². The number of amides is 1. The quantitative estimate of drug-likeness (QED) is 0.846. The van der Waals surface area contributed by atoms with Gasteiger partial charge in [-0.25, -0.2) is 4.39 Å². The highest BCUT2D eigenvalue weighted by molar-refractivity contribution is 5.94. The third-order valence-electron chi connectivity index (χ3n) is 3.52. The second kappa shape index (κ2) is 7.74. The number of methoxy groups -OCH3 is 1. The van der Waals surface area contributed by atoms with Gasteiger partial charge >= 0.3 is 0 Å². The Balaban J connectivity index is 2.06. The summed E-state index contributed by atoms with van der Waals surface area (Å²) < 4.78 is 18.5. The number of ether oxygens (including phenoxy) is 1. The summed E-state index contributed by atoms with van der Waals surface area (Å²) in [7, 11) is 5.55. The van der Waals surface area contributed by atoms with E-state index in [1.165, 1.54) is 29.7 Å². The number of carbonyl (C=O) groups excluding carboxylic acids is 1. The molecule has 0 unspecified atom stereocenters. The number of hydrogen-bond acceptors (Lipinski definition) is 2. The molecule has 0 aliphatic rings. The Labute approximate surface area is 135 Å². The zero-order chi connectivity index (χ0) is 16.8. The molecule has 0 aromatic heterocycles. The van der Waals surface area contributed by atoms with Crippen LogP contribution in [0.2, 0.25) is 0 Å². The number of nitrogens with one attached hydrogen (secondary N) is 2. The fourth-order valence-electron chi connectivity index (χ4n) is 2.37. The summed E-state index contributed by atoms with van der Waals surface area (Å²) in [5, 5.41) is 2.84. The first-order chi connectivity index (χ1) is 11.0. The van der Waals surface area contributed by atoms with Crippen molar-refractivity contribution in [1.29, 1.82) is 0 Å². The average Bonchev–Trinajstić information content (AvgIpc) is 2.53. The largest absolute Gasteiger partial charge is 0.494 e. The molecule has 5 heteroatoms. The van der Waals surface area contributed by atoms with Crippen LogP contribution in [0.15, 0.2) is 42.5 Å². The van der Waals surface area contributed by atoms with Gasteiger partial charge in [-0.15, -0.1) is 0 Å². The lowest BCUT2D eigenvalue weighted by atomic mass is 10.1. The van der Waals surface area contributed by atoms with Crippen LogP contribution in [0.3, 0.4) is 0 Å². The Bertz CT molecular complexity index is 686. The highest BCUT2D eigenvalue weighted by Gasteiger charge is 2.11. The van der Waals surface area contributed by atoms with E-state index in [2.05, 4.69) is 25.5 Å². The van der Waals surface area contributed by atoms with E-state index < -0.39 is 5.82 Å². The van der Waals surface area contributed by atoms with E-state index in [9.17, 15) is 9.18 Å². The first-order valence-electron chi connectivity index (χ1n) is 7.49. The van der Waals surface area contributed by atoms with Gasteiger partial charge in [0.05, 0.1) is 21.2 Å². The predicted octanol–water partition coefficient (Wildman–Crippen LogP) is 1.41. The predicted molar refractivity (Wildman–Crippen MR) is 87.1 cm³/mol. The second-order valence-electron chi connectivity index (χ2n) is 5.68. The van der Waals surface area contributed by atoms with Crippen LogP contribution in [-0.2, 0) is 13.1 Å². The highest BCUT2D eigenvalue weighted by atomic mass is 19.1. The first-order valence-corrected chi connectivity index (χ1v) is 7.49. The molecule has 2 rings (SSSR count). The normalized spacial score (nSPS) is 10.7. The summed E-state index contributed by atoms with van der Waals surface area (Å²) in [4.78, 5) is 13.5. The smallest absolute Gasteiger partial charge is 0.251 e. The van der Waals surface area contributed by atoms with Crippen molar-refractivity contribution in [2.24, 2.45) is 0 Å². The molecule has 2 aromatic carbocycles. The van der Waals surface area contributed by atoms with E-state index >= 15 is 0 Å². The number of hydrogen-bond donors (Lipinski definition) is 2. The van der Waals surface area contributed by atoms with E-state index in [-0.39, 0.29) is 17.2 Å². The van der Waals surface area contributed by atoms with Crippen LogP contribution in [0.4, 0.5) is 4.39 Å². The van der Waals surface area contributed by atoms with E-state index in [1.54, 1.807) is 6.07 Å². The van der Waals surface area contributed by atoms with Crippen LogP contribution in [0, 0.1) is 5.82 Å². The topological polar surface area (TPSA) is 42.8 Å². The third kappa shape index (κ3) is 4.53. The monoisotopic (exact) mass is 317 g/mol. The van der Waals surface area contributed by atoms with Gasteiger partial charge in [-0.2, -0.15) is 0 Å². The molecule has 0 fully saturated rings. The van der Waals surface area contributed by atoms with Crippen molar-refractivity contribution < 1.29 is 18.8 Å². The van der Waals surface area contributed by atoms with Crippen molar-refractivity contribution in [2.75, 3.05) is 21.2 Å². The Morgan fingerprint density at radius 1 is 1.17 bits per heavy atom. The van der Waals surface area contributed by atoms with Crippen LogP contribution in [0.5, 0.6) is 5.75 Å². The third-order valence-corrected chi connectivity index (χ3v) is 3.52. The molecule has 2 aromatic rings. The van der Waals surface area contributed by atoms with E-state index in [4.69, 9.17) is 4.74 Å². The molecule has 0 spiro atoms. The van der Waals surface area contributed by atoms with Gasteiger partial charge in [-0.3, -0.25) is 4.79 Å². The highest BCUT2D eigenvalue weighted by Crippen LogP contribution is 2.17. The van der Waals surface area contributed by atoms with Gasteiger partial charge in [0, 0.05) is 17.7 Å². The summed E-state index contributed by atoms with van der Waals surface area (Å²) in [6.45, 7) is 1.29. The molecule has 122 valence electrons. The minimum Gasteiger partial charge on any atom is -0.494 e. The van der Waals surface area contributed by atoms with Crippen molar-refractivity contribution in [3.05, 3.63) is 65.0 Å². The molecule has 0 heterocycles. The fourth-order valence-corrected chi connectivity index (χ4v) is 2.37. The summed E-state index contributed by atoms with van der Waals surface area (Å²) in [6, 6.07) is 12.2.